The summed E-state index contributed by atoms with van der Waals surface area (Å²) < 4.78 is 5.93. The van der Waals surface area contributed by atoms with Crippen molar-refractivity contribution < 1.29 is 14.7 Å². The minimum absolute atomic E-state index is 0.408. The number of amides is 1. The zero-order valence-electron chi connectivity index (χ0n) is 19.9. The smallest absolute Gasteiger partial charge is 0.274 e. The third-order valence-corrected chi connectivity index (χ3v) is 6.56. The van der Waals surface area contributed by atoms with E-state index in [-0.39, 0.29) is 0 Å². The quantitative estimate of drug-likeness (QED) is 0.162. The van der Waals surface area contributed by atoms with Crippen LogP contribution in [0.2, 0.25) is 0 Å². The third-order valence-electron chi connectivity index (χ3n) is 5.66. The van der Waals surface area contributed by atoms with E-state index in [9.17, 15) is 4.79 Å². The molecule has 2 N–H and O–H groups in total. The van der Waals surface area contributed by atoms with E-state index in [2.05, 4.69) is 48.4 Å². The summed E-state index contributed by atoms with van der Waals surface area (Å²) in [4.78, 5) is 18.8. The molecule has 1 amide bonds. The average Bonchev–Trinajstić information content (AvgIpc) is 3.37. The first-order valence-electron chi connectivity index (χ1n) is 11.5. The summed E-state index contributed by atoms with van der Waals surface area (Å²) >= 11 is 1.62. The fourth-order valence-electron chi connectivity index (χ4n) is 3.64. The normalized spacial score (nSPS) is 10.7. The van der Waals surface area contributed by atoms with E-state index in [1.165, 1.54) is 11.1 Å². The van der Waals surface area contributed by atoms with Gasteiger partial charge in [-0.2, -0.15) is 0 Å². The number of rotatable bonds is 10. The third kappa shape index (κ3) is 6.68. The zero-order chi connectivity index (χ0) is 24.6. The lowest BCUT2D eigenvalue weighted by Crippen LogP contribution is -2.25. The van der Waals surface area contributed by atoms with Crippen molar-refractivity contribution in [3.63, 3.8) is 0 Å². The Balaban J connectivity index is 1.47. The highest BCUT2D eigenvalue weighted by atomic mass is 32.1. The van der Waals surface area contributed by atoms with Crippen molar-refractivity contribution in [2.45, 2.75) is 26.8 Å². The number of anilines is 1. The molecule has 0 atom stereocenters. The first-order chi connectivity index (χ1) is 17.0. The van der Waals surface area contributed by atoms with Crippen LogP contribution in [0.25, 0.3) is 11.3 Å². The largest absolute Gasteiger partial charge is 0.494 e. The van der Waals surface area contributed by atoms with Crippen molar-refractivity contribution in [3.8, 4) is 17.0 Å². The molecular weight excluding hydrogens is 458 g/mol. The van der Waals surface area contributed by atoms with Crippen molar-refractivity contribution in [3.05, 3.63) is 100 Å². The molecule has 0 radical (unpaired) electrons. The van der Waals surface area contributed by atoms with E-state index in [1.54, 1.807) is 28.9 Å². The van der Waals surface area contributed by atoms with Crippen molar-refractivity contribution in [1.82, 2.24) is 10.5 Å². The summed E-state index contributed by atoms with van der Waals surface area (Å²) in [6.45, 7) is 6.15. The molecule has 1 heterocycles. The van der Waals surface area contributed by atoms with Gasteiger partial charge in [-0.25, -0.2) is 10.5 Å². The first kappa shape index (κ1) is 24.4. The molecule has 180 valence electrons. The molecule has 3 aromatic carbocycles. The van der Waals surface area contributed by atoms with E-state index in [0.29, 0.717) is 18.7 Å². The fourth-order valence-corrected chi connectivity index (χ4v) is 4.50. The molecule has 35 heavy (non-hydrogen) atoms. The lowest BCUT2D eigenvalue weighted by molar-refractivity contribution is 0.0706. The molecule has 0 fully saturated rings. The van der Waals surface area contributed by atoms with Gasteiger partial charge in [0, 0.05) is 29.6 Å². The van der Waals surface area contributed by atoms with Gasteiger partial charge in [0.1, 0.15) is 5.75 Å². The monoisotopic (exact) mass is 487 g/mol. The molecule has 0 aliphatic rings. The number of hydrogen-bond acceptors (Lipinski definition) is 6. The first-order valence-corrected chi connectivity index (χ1v) is 12.4. The van der Waals surface area contributed by atoms with Gasteiger partial charge in [0.25, 0.3) is 5.91 Å². The van der Waals surface area contributed by atoms with Gasteiger partial charge in [-0.15, -0.1) is 11.3 Å². The molecule has 6 nitrogen and oxygen atoms in total. The van der Waals surface area contributed by atoms with Crippen LogP contribution < -0.4 is 15.1 Å². The minimum atomic E-state index is -0.524. The van der Waals surface area contributed by atoms with Crippen molar-refractivity contribution in [2.75, 3.05) is 18.1 Å². The number of carbonyl (C=O) groups excluding carboxylic acids is 1. The highest BCUT2D eigenvalue weighted by Crippen LogP contribution is 2.29. The maximum atomic E-state index is 11.6. The van der Waals surface area contributed by atoms with Crippen LogP contribution in [0.5, 0.6) is 5.75 Å². The molecule has 4 aromatic rings. The molecule has 1 aromatic heterocycles. The summed E-state index contributed by atoms with van der Waals surface area (Å²) in [5.41, 5.74) is 7.61. The van der Waals surface area contributed by atoms with Gasteiger partial charge in [-0.1, -0.05) is 59.7 Å². The molecule has 0 aliphatic carbocycles. The van der Waals surface area contributed by atoms with Crippen LogP contribution in [0.1, 0.15) is 33.5 Å². The fraction of sp³-hybridized carbons (Fsp3) is 0.214. The second kappa shape index (κ2) is 11.6. The van der Waals surface area contributed by atoms with Crippen LogP contribution in [0.3, 0.4) is 0 Å². The Morgan fingerprint density at radius 2 is 1.63 bits per heavy atom. The number of aromatic nitrogens is 1. The van der Waals surface area contributed by atoms with Crippen molar-refractivity contribution in [2.24, 2.45) is 0 Å². The highest BCUT2D eigenvalue weighted by molar-refractivity contribution is 7.14. The zero-order valence-corrected chi connectivity index (χ0v) is 20.7. The van der Waals surface area contributed by atoms with Crippen LogP contribution in [-0.4, -0.2) is 29.3 Å². The summed E-state index contributed by atoms with van der Waals surface area (Å²) in [5, 5.41) is 11.9. The van der Waals surface area contributed by atoms with Gasteiger partial charge >= 0.3 is 0 Å². The van der Waals surface area contributed by atoms with E-state index in [0.717, 1.165) is 40.7 Å². The number of nitrogens with one attached hydrogen (secondary N) is 1. The SMILES string of the molecule is Cc1ccc(OCCCN(Cc2ccc(C(=O)NO)cc2)c2nc(-c3ccc(C)cc3)cs2)cc1. The van der Waals surface area contributed by atoms with Gasteiger partial charge in [0.2, 0.25) is 0 Å². The molecule has 0 spiro atoms. The number of ether oxygens (including phenoxy) is 1. The van der Waals surface area contributed by atoms with Crippen LogP contribution in [0.15, 0.2) is 78.2 Å². The van der Waals surface area contributed by atoms with Gasteiger partial charge in [0.05, 0.1) is 12.3 Å². The van der Waals surface area contributed by atoms with Gasteiger partial charge < -0.3 is 9.64 Å². The number of hydrogen-bond donors (Lipinski definition) is 2. The van der Waals surface area contributed by atoms with Crippen LogP contribution in [0, 0.1) is 13.8 Å². The number of benzene rings is 3. The molecule has 0 bridgehead atoms. The van der Waals surface area contributed by atoms with Gasteiger partial charge in [-0.3, -0.25) is 10.0 Å². The van der Waals surface area contributed by atoms with Crippen LogP contribution in [0.4, 0.5) is 5.13 Å². The standard InChI is InChI=1S/C28H29N3O3S/c1-20-4-10-23(11-5-20)26-19-35-28(29-26)31(16-3-17-34-25-14-6-21(2)7-15-25)18-22-8-12-24(13-9-22)27(32)30-33/h4-15,19,33H,3,16-18H2,1-2H3,(H,30,32). The predicted molar refractivity (Wildman–Crippen MR) is 140 cm³/mol. The van der Waals surface area contributed by atoms with Gasteiger partial charge in [-0.05, 0) is 50.1 Å². The molecule has 0 unspecified atom stereocenters. The Labute approximate surface area is 209 Å². The number of aryl methyl sites for hydroxylation is 2. The number of carbonyl (C=O) groups is 1. The molecule has 7 heteroatoms. The molecule has 0 saturated carbocycles. The van der Waals surface area contributed by atoms with Gasteiger partial charge in [0.15, 0.2) is 5.13 Å². The number of thiazole rings is 1. The Bertz CT molecular complexity index is 1240. The summed E-state index contributed by atoms with van der Waals surface area (Å²) in [7, 11) is 0. The lowest BCUT2D eigenvalue weighted by Gasteiger charge is -2.22. The molecule has 0 aliphatic heterocycles. The average molecular weight is 488 g/mol. The highest BCUT2D eigenvalue weighted by Gasteiger charge is 2.14. The second-order valence-electron chi connectivity index (χ2n) is 8.46. The Kier molecular flexibility index (Phi) is 8.13. The van der Waals surface area contributed by atoms with Crippen LogP contribution in [-0.2, 0) is 6.54 Å². The van der Waals surface area contributed by atoms with Crippen molar-refractivity contribution >= 4 is 22.4 Å². The maximum absolute atomic E-state index is 11.6. The molecule has 4 rings (SSSR count). The second-order valence-corrected chi connectivity index (χ2v) is 9.29. The summed E-state index contributed by atoms with van der Waals surface area (Å²) in [6.07, 6.45) is 0.832. The topological polar surface area (TPSA) is 74.7 Å². The minimum Gasteiger partial charge on any atom is -0.494 e. The maximum Gasteiger partial charge on any atom is 0.274 e. The summed E-state index contributed by atoms with van der Waals surface area (Å²) in [6, 6.07) is 23.7. The van der Waals surface area contributed by atoms with E-state index < -0.39 is 5.91 Å². The Morgan fingerprint density at radius 1 is 0.971 bits per heavy atom. The molecular formula is C28H29N3O3S. The van der Waals surface area contributed by atoms with E-state index >= 15 is 0 Å². The molecule has 0 saturated heterocycles. The van der Waals surface area contributed by atoms with Crippen molar-refractivity contribution in [1.29, 1.82) is 0 Å². The predicted octanol–water partition coefficient (Wildman–Crippen LogP) is 6.02. The van der Waals surface area contributed by atoms with Crippen LogP contribution >= 0.6 is 11.3 Å². The van der Waals surface area contributed by atoms with E-state index in [1.807, 2.05) is 36.4 Å². The lowest BCUT2D eigenvalue weighted by atomic mass is 10.1. The summed E-state index contributed by atoms with van der Waals surface area (Å²) in [5.74, 6) is 0.347. The Morgan fingerprint density at radius 3 is 2.29 bits per heavy atom. The number of hydroxylamine groups is 1. The van der Waals surface area contributed by atoms with E-state index in [4.69, 9.17) is 14.9 Å². The Hall–Kier alpha value is -3.68. The number of nitrogens with zero attached hydrogens (tertiary/aromatic N) is 2.